The Morgan fingerprint density at radius 3 is 2.77 bits per heavy atom. The SMILES string of the molecule is Cc1sc(NS(=O)(=O)c2cccc3nsnc23)c(C(=O)OCCCCCNC(=O)CCCC[C@H]2SC[C@H]3NC(=O)N[C@H]32)c1C. The summed E-state index contributed by atoms with van der Waals surface area (Å²) in [6, 6.07) is 5.10. The van der Waals surface area contributed by atoms with Gasteiger partial charge in [0.05, 0.1) is 36.0 Å². The minimum Gasteiger partial charge on any atom is -0.462 e. The zero-order valence-corrected chi connectivity index (χ0v) is 27.8. The molecule has 2 aromatic heterocycles. The van der Waals surface area contributed by atoms with E-state index < -0.39 is 16.0 Å². The maximum atomic E-state index is 13.2. The largest absolute Gasteiger partial charge is 0.462 e. The van der Waals surface area contributed by atoms with Gasteiger partial charge in [-0.1, -0.05) is 12.5 Å². The zero-order valence-electron chi connectivity index (χ0n) is 24.5. The lowest BCUT2D eigenvalue weighted by Crippen LogP contribution is -2.36. The summed E-state index contributed by atoms with van der Waals surface area (Å²) >= 11 is 4.00. The molecule has 44 heavy (non-hydrogen) atoms. The molecule has 2 aliphatic rings. The number of unbranched alkanes of at least 4 members (excludes halogenated alkanes) is 3. The number of thiophene rings is 1. The molecule has 0 spiro atoms. The van der Waals surface area contributed by atoms with E-state index >= 15 is 0 Å². The molecule has 0 radical (unpaired) electrons. The molecule has 2 saturated heterocycles. The van der Waals surface area contributed by atoms with Crippen LogP contribution in [0.4, 0.5) is 9.80 Å². The molecule has 3 aromatic rings. The third kappa shape index (κ3) is 7.64. The van der Waals surface area contributed by atoms with Gasteiger partial charge in [0.25, 0.3) is 10.0 Å². The Bertz CT molecular complexity index is 1620. The van der Waals surface area contributed by atoms with Gasteiger partial charge in [0, 0.05) is 28.8 Å². The van der Waals surface area contributed by atoms with Gasteiger partial charge in [-0.3, -0.25) is 9.52 Å². The van der Waals surface area contributed by atoms with Crippen molar-refractivity contribution in [2.75, 3.05) is 23.6 Å². The van der Waals surface area contributed by atoms with E-state index in [1.807, 2.05) is 18.7 Å². The van der Waals surface area contributed by atoms with Gasteiger partial charge in [-0.15, -0.1) is 11.3 Å². The third-order valence-corrected chi connectivity index (χ3v) is 12.5. The van der Waals surface area contributed by atoms with E-state index in [9.17, 15) is 22.8 Å². The van der Waals surface area contributed by atoms with Gasteiger partial charge in [0.1, 0.15) is 20.9 Å². The minimum absolute atomic E-state index is 0.00175. The second-order valence-electron chi connectivity index (χ2n) is 10.9. The van der Waals surface area contributed by atoms with Crippen LogP contribution in [-0.4, -0.2) is 71.3 Å². The van der Waals surface area contributed by atoms with Crippen LogP contribution in [0.5, 0.6) is 0 Å². The number of aryl methyl sites for hydroxylation is 1. The van der Waals surface area contributed by atoms with Gasteiger partial charge in [-0.25, -0.2) is 18.0 Å². The molecule has 0 bridgehead atoms. The van der Waals surface area contributed by atoms with Crippen molar-refractivity contribution in [2.24, 2.45) is 0 Å². The van der Waals surface area contributed by atoms with Crippen LogP contribution in [0.2, 0.25) is 0 Å². The quantitative estimate of drug-likeness (QED) is 0.104. The number of fused-ring (bicyclic) bond motifs is 2. The Balaban J connectivity index is 0.989. The molecule has 0 aliphatic carbocycles. The molecular weight excluding hydrogens is 645 g/mol. The third-order valence-electron chi connectivity index (χ3n) is 7.81. The normalized spacial score (nSPS) is 19.4. The number of carbonyl (C=O) groups excluding carboxylic acids is 3. The van der Waals surface area contributed by atoms with E-state index in [-0.39, 0.29) is 51.6 Å². The lowest BCUT2D eigenvalue weighted by atomic mass is 10.0. The number of sulfonamides is 1. The molecule has 12 nitrogen and oxygen atoms in total. The van der Waals surface area contributed by atoms with Crippen LogP contribution in [0.25, 0.3) is 11.0 Å². The number of rotatable bonds is 15. The van der Waals surface area contributed by atoms with Crippen molar-refractivity contribution in [1.29, 1.82) is 0 Å². The van der Waals surface area contributed by atoms with Gasteiger partial charge in [0.15, 0.2) is 0 Å². The summed E-state index contributed by atoms with van der Waals surface area (Å²) in [7, 11) is -4.02. The van der Waals surface area contributed by atoms with E-state index in [0.29, 0.717) is 35.7 Å². The Morgan fingerprint density at radius 1 is 1.09 bits per heavy atom. The summed E-state index contributed by atoms with van der Waals surface area (Å²) in [5, 5.41) is 9.51. The summed E-state index contributed by atoms with van der Waals surface area (Å²) in [6.07, 6.45) is 5.37. The van der Waals surface area contributed by atoms with E-state index in [1.165, 1.54) is 17.4 Å². The predicted octanol–water partition coefficient (Wildman–Crippen LogP) is 4.34. The van der Waals surface area contributed by atoms with Crippen molar-refractivity contribution in [1.82, 2.24) is 24.7 Å². The van der Waals surface area contributed by atoms with E-state index in [2.05, 4.69) is 29.4 Å². The Morgan fingerprint density at radius 2 is 1.93 bits per heavy atom. The van der Waals surface area contributed by atoms with Crippen molar-refractivity contribution >= 4 is 78.8 Å². The van der Waals surface area contributed by atoms with E-state index in [1.54, 1.807) is 19.1 Å². The fourth-order valence-electron chi connectivity index (χ4n) is 5.35. The van der Waals surface area contributed by atoms with Crippen molar-refractivity contribution in [3.8, 4) is 0 Å². The number of hydrogen-bond donors (Lipinski definition) is 4. The van der Waals surface area contributed by atoms with Gasteiger partial charge < -0.3 is 20.7 Å². The number of carbonyl (C=O) groups is 3. The Hall–Kier alpha value is -2.95. The van der Waals surface area contributed by atoms with Gasteiger partial charge in [0.2, 0.25) is 5.91 Å². The first-order valence-corrected chi connectivity index (χ1v) is 18.7. The average Bonchev–Trinajstić information content (AvgIpc) is 3.75. The Kier molecular flexibility index (Phi) is 10.6. The lowest BCUT2D eigenvalue weighted by molar-refractivity contribution is -0.121. The number of hydrogen-bond acceptors (Lipinski definition) is 11. The first-order valence-electron chi connectivity index (χ1n) is 14.6. The van der Waals surface area contributed by atoms with Crippen LogP contribution in [0, 0.1) is 13.8 Å². The summed E-state index contributed by atoms with van der Waals surface area (Å²) in [5.41, 5.74) is 1.65. The zero-order chi connectivity index (χ0) is 31.3. The average molecular weight is 681 g/mol. The molecule has 0 unspecified atom stereocenters. The van der Waals surface area contributed by atoms with Crippen LogP contribution in [0.1, 0.15) is 65.7 Å². The second kappa shape index (κ2) is 14.4. The summed E-state index contributed by atoms with van der Waals surface area (Å²) in [5.74, 6) is 0.391. The van der Waals surface area contributed by atoms with Crippen LogP contribution in [0.15, 0.2) is 23.1 Å². The molecule has 16 heteroatoms. The fraction of sp³-hybridized carbons (Fsp3) is 0.536. The highest BCUT2D eigenvalue weighted by Crippen LogP contribution is 2.36. The number of amides is 3. The van der Waals surface area contributed by atoms with Crippen LogP contribution < -0.4 is 20.7 Å². The van der Waals surface area contributed by atoms with E-state index in [0.717, 1.165) is 54.5 Å². The van der Waals surface area contributed by atoms with Crippen LogP contribution in [-0.2, 0) is 19.6 Å². The number of ether oxygens (including phenoxy) is 1. The van der Waals surface area contributed by atoms with Crippen LogP contribution >= 0.6 is 34.8 Å². The predicted molar refractivity (Wildman–Crippen MR) is 173 cm³/mol. The summed E-state index contributed by atoms with van der Waals surface area (Å²) in [6.45, 7) is 4.34. The number of esters is 1. The first-order chi connectivity index (χ1) is 21.1. The molecule has 5 rings (SSSR count). The second-order valence-corrected chi connectivity index (χ2v) is 15.6. The molecule has 0 saturated carbocycles. The van der Waals surface area contributed by atoms with E-state index in [4.69, 9.17) is 4.74 Å². The van der Waals surface area contributed by atoms with Crippen molar-refractivity contribution in [3.05, 3.63) is 34.2 Å². The highest BCUT2D eigenvalue weighted by Gasteiger charge is 2.42. The number of nitrogens with one attached hydrogen (secondary N) is 4. The molecule has 2 fully saturated rings. The van der Waals surface area contributed by atoms with Gasteiger partial charge in [-0.2, -0.15) is 20.5 Å². The van der Waals surface area contributed by atoms with Crippen molar-refractivity contribution in [3.63, 3.8) is 0 Å². The van der Waals surface area contributed by atoms with Crippen molar-refractivity contribution in [2.45, 2.75) is 81.0 Å². The monoisotopic (exact) mass is 680 g/mol. The lowest BCUT2D eigenvalue weighted by Gasteiger charge is -2.16. The molecule has 4 N–H and O–H groups in total. The van der Waals surface area contributed by atoms with Gasteiger partial charge in [-0.05, 0) is 63.6 Å². The molecule has 3 atom stereocenters. The number of benzene rings is 1. The number of anilines is 1. The highest BCUT2D eigenvalue weighted by molar-refractivity contribution is 8.00. The summed E-state index contributed by atoms with van der Waals surface area (Å²) < 4.78 is 42.7. The number of nitrogens with zero attached hydrogens (tertiary/aromatic N) is 2. The molecule has 1 aromatic carbocycles. The number of thioether (sulfide) groups is 1. The standard InChI is InChI=1S/C28H36N6O6S4/c1-16-17(2)42-26(34-44(38,39)21-11-8-9-18-25(21)33-43-32-18)23(16)27(36)40-14-7-3-6-13-29-22(35)12-5-4-10-20-24-19(15-41-20)30-28(37)31-24/h8-9,11,19-20,24,34H,3-7,10,12-15H2,1-2H3,(H,29,35)(H2,30,31,37)/t19-,20-,24-/m1/s1. The maximum absolute atomic E-state index is 13.2. The maximum Gasteiger partial charge on any atom is 0.341 e. The number of urea groups is 1. The fourth-order valence-corrected chi connectivity index (χ4v) is 10.0. The molecule has 3 amide bonds. The molecule has 4 heterocycles. The Labute approximate surface area is 268 Å². The summed E-state index contributed by atoms with van der Waals surface area (Å²) in [4.78, 5) is 37.5. The first kappa shape index (κ1) is 32.4. The number of aromatic nitrogens is 2. The molecule has 238 valence electrons. The highest BCUT2D eigenvalue weighted by atomic mass is 32.2. The smallest absolute Gasteiger partial charge is 0.341 e. The minimum atomic E-state index is -4.02. The molecular formula is C28H36N6O6S4. The van der Waals surface area contributed by atoms with Crippen LogP contribution in [0.3, 0.4) is 0 Å². The van der Waals surface area contributed by atoms with Gasteiger partial charge >= 0.3 is 12.0 Å². The topological polar surface area (TPSA) is 168 Å². The van der Waals surface area contributed by atoms with Crippen molar-refractivity contribution < 1.29 is 27.5 Å². The molecule has 2 aliphatic heterocycles.